The molecule has 3 nitrogen and oxygen atoms in total. The monoisotopic (exact) mass is 342 g/mol. The first-order valence-corrected chi connectivity index (χ1v) is 9.86. The molecule has 0 spiro atoms. The molecule has 1 N–H and O–H groups in total. The normalized spacial score (nSPS) is 15.2. The van der Waals surface area contributed by atoms with E-state index >= 15 is 0 Å². The fraction of sp³-hybridized carbons (Fsp3) is 0.450. The summed E-state index contributed by atoms with van der Waals surface area (Å²) in [6.45, 7) is 1.44. The topological polar surface area (TPSA) is 32.3 Å². The molecule has 1 fully saturated rings. The van der Waals surface area contributed by atoms with Crippen molar-refractivity contribution in [1.29, 1.82) is 0 Å². The molecule has 1 aromatic carbocycles. The Hall–Kier alpha value is -1.81. The van der Waals surface area contributed by atoms with Gasteiger partial charge < -0.3 is 10.2 Å². The first kappa shape index (κ1) is 17.0. The first-order valence-electron chi connectivity index (χ1n) is 8.92. The lowest BCUT2D eigenvalue weighted by Crippen LogP contribution is -2.45. The zero-order valence-electron chi connectivity index (χ0n) is 14.1. The molecule has 2 amide bonds. The Bertz CT molecular complexity index is 606. The third kappa shape index (κ3) is 5.10. The van der Waals surface area contributed by atoms with Gasteiger partial charge in [-0.15, -0.1) is 0 Å². The van der Waals surface area contributed by atoms with Gasteiger partial charge in [0.05, 0.1) is 0 Å². The van der Waals surface area contributed by atoms with Crippen molar-refractivity contribution in [2.45, 2.75) is 51.1 Å². The van der Waals surface area contributed by atoms with Crippen molar-refractivity contribution in [1.82, 2.24) is 10.2 Å². The van der Waals surface area contributed by atoms with E-state index in [9.17, 15) is 4.79 Å². The van der Waals surface area contributed by atoms with Crippen LogP contribution in [0.3, 0.4) is 0 Å². The van der Waals surface area contributed by atoms with Crippen molar-refractivity contribution in [2.75, 3.05) is 6.54 Å². The van der Waals surface area contributed by atoms with Crippen LogP contribution in [0.2, 0.25) is 0 Å². The standard InChI is InChI=1S/C20H26N2OS/c23-20(21-19-9-5-2-6-10-19)22(15-18-12-14-24-16-18)13-11-17-7-3-1-4-8-17/h1,3-4,7-8,12,14,16,19H,2,5-6,9-11,13,15H2,(H,21,23). The Kier molecular flexibility index (Phi) is 6.30. The number of thiophene rings is 1. The summed E-state index contributed by atoms with van der Waals surface area (Å²) in [7, 11) is 0. The van der Waals surface area contributed by atoms with Crippen LogP contribution in [-0.4, -0.2) is 23.5 Å². The van der Waals surface area contributed by atoms with Crippen molar-refractivity contribution in [3.8, 4) is 0 Å². The summed E-state index contributed by atoms with van der Waals surface area (Å²) >= 11 is 1.69. The van der Waals surface area contributed by atoms with Gasteiger partial charge in [-0.05, 0) is 47.2 Å². The molecule has 0 atom stereocenters. The molecule has 0 radical (unpaired) electrons. The van der Waals surface area contributed by atoms with Crippen molar-refractivity contribution in [3.63, 3.8) is 0 Å². The summed E-state index contributed by atoms with van der Waals surface area (Å²) in [6.07, 6.45) is 6.91. The molecular weight excluding hydrogens is 316 g/mol. The molecule has 0 unspecified atom stereocenters. The number of carbonyl (C=O) groups excluding carboxylic acids is 1. The Balaban J connectivity index is 1.60. The minimum atomic E-state index is 0.0871. The molecule has 0 aliphatic heterocycles. The second-order valence-electron chi connectivity index (χ2n) is 6.57. The molecule has 1 heterocycles. The number of carbonyl (C=O) groups is 1. The van der Waals surface area contributed by atoms with Gasteiger partial charge in [0.2, 0.25) is 0 Å². The molecule has 0 saturated heterocycles. The van der Waals surface area contributed by atoms with Crippen molar-refractivity contribution in [3.05, 3.63) is 58.3 Å². The molecular formula is C20H26N2OS. The smallest absolute Gasteiger partial charge is 0.317 e. The molecule has 1 aliphatic rings. The number of hydrogen-bond acceptors (Lipinski definition) is 2. The van der Waals surface area contributed by atoms with Crippen LogP contribution in [0.5, 0.6) is 0 Å². The molecule has 2 aromatic rings. The van der Waals surface area contributed by atoms with Gasteiger partial charge in [0.25, 0.3) is 0 Å². The summed E-state index contributed by atoms with van der Waals surface area (Å²) in [5.74, 6) is 0. The number of amides is 2. The van der Waals surface area contributed by atoms with Gasteiger partial charge >= 0.3 is 6.03 Å². The van der Waals surface area contributed by atoms with E-state index < -0.39 is 0 Å². The van der Waals surface area contributed by atoms with Gasteiger partial charge in [0.1, 0.15) is 0 Å². The molecule has 1 saturated carbocycles. The molecule has 0 bridgehead atoms. The Morgan fingerprint density at radius 2 is 1.88 bits per heavy atom. The van der Waals surface area contributed by atoms with Crippen LogP contribution in [0.4, 0.5) is 4.79 Å². The third-order valence-electron chi connectivity index (χ3n) is 4.69. The maximum absolute atomic E-state index is 12.8. The molecule has 1 aromatic heterocycles. The van der Waals surface area contributed by atoms with Crippen LogP contribution in [0.1, 0.15) is 43.2 Å². The number of rotatable bonds is 6. The SMILES string of the molecule is O=C(NC1CCCCC1)N(CCc1ccccc1)Cc1ccsc1. The van der Waals surface area contributed by atoms with Crippen molar-refractivity contribution in [2.24, 2.45) is 0 Å². The first-order chi connectivity index (χ1) is 11.8. The van der Waals surface area contributed by atoms with Crippen molar-refractivity contribution < 1.29 is 4.79 Å². The number of nitrogens with one attached hydrogen (secondary N) is 1. The Labute approximate surface area is 148 Å². The molecule has 1 aliphatic carbocycles. The Morgan fingerprint density at radius 1 is 1.08 bits per heavy atom. The average Bonchev–Trinajstić information content (AvgIpc) is 3.13. The maximum atomic E-state index is 12.8. The van der Waals surface area contributed by atoms with Crippen LogP contribution in [0.15, 0.2) is 47.2 Å². The van der Waals surface area contributed by atoms with E-state index in [-0.39, 0.29) is 6.03 Å². The highest BCUT2D eigenvalue weighted by Gasteiger charge is 2.20. The van der Waals surface area contributed by atoms with E-state index in [0.717, 1.165) is 25.8 Å². The highest BCUT2D eigenvalue weighted by Crippen LogP contribution is 2.18. The summed E-state index contributed by atoms with van der Waals surface area (Å²) < 4.78 is 0. The van der Waals surface area contributed by atoms with Crippen molar-refractivity contribution >= 4 is 17.4 Å². The van der Waals surface area contributed by atoms with E-state index in [4.69, 9.17) is 0 Å². The second kappa shape index (κ2) is 8.88. The lowest BCUT2D eigenvalue weighted by Gasteiger charge is -2.28. The zero-order chi connectivity index (χ0) is 16.6. The lowest BCUT2D eigenvalue weighted by molar-refractivity contribution is 0.188. The van der Waals surface area contributed by atoms with Gasteiger partial charge in [-0.3, -0.25) is 0 Å². The number of hydrogen-bond donors (Lipinski definition) is 1. The van der Waals surface area contributed by atoms with Crippen LogP contribution in [-0.2, 0) is 13.0 Å². The minimum absolute atomic E-state index is 0.0871. The predicted molar refractivity (Wildman–Crippen MR) is 100 cm³/mol. The van der Waals surface area contributed by atoms with Crippen LogP contribution >= 0.6 is 11.3 Å². The van der Waals surface area contributed by atoms with Gasteiger partial charge in [0, 0.05) is 19.1 Å². The van der Waals surface area contributed by atoms with Crippen LogP contribution < -0.4 is 5.32 Å². The van der Waals surface area contributed by atoms with E-state index in [0.29, 0.717) is 12.6 Å². The minimum Gasteiger partial charge on any atom is -0.335 e. The number of nitrogens with zero attached hydrogens (tertiary/aromatic N) is 1. The van der Waals surface area contributed by atoms with E-state index in [1.165, 1.54) is 30.4 Å². The Morgan fingerprint density at radius 3 is 2.58 bits per heavy atom. The highest BCUT2D eigenvalue weighted by molar-refractivity contribution is 7.07. The summed E-state index contributed by atoms with van der Waals surface area (Å²) in [5, 5.41) is 7.46. The summed E-state index contributed by atoms with van der Waals surface area (Å²) in [6, 6.07) is 12.9. The predicted octanol–water partition coefficient (Wildman–Crippen LogP) is 4.84. The molecule has 128 valence electrons. The molecule has 3 rings (SSSR count). The fourth-order valence-corrected chi connectivity index (χ4v) is 3.94. The van der Waals surface area contributed by atoms with Crippen LogP contribution in [0.25, 0.3) is 0 Å². The lowest BCUT2D eigenvalue weighted by atomic mass is 9.96. The largest absolute Gasteiger partial charge is 0.335 e. The van der Waals surface area contributed by atoms with Gasteiger partial charge in [-0.25, -0.2) is 4.79 Å². The third-order valence-corrected chi connectivity index (χ3v) is 5.42. The van der Waals surface area contributed by atoms with E-state index in [1.54, 1.807) is 11.3 Å². The number of urea groups is 1. The second-order valence-corrected chi connectivity index (χ2v) is 7.35. The van der Waals surface area contributed by atoms with Crippen LogP contribution in [0, 0.1) is 0 Å². The average molecular weight is 343 g/mol. The van der Waals surface area contributed by atoms with Gasteiger partial charge in [-0.1, -0.05) is 49.6 Å². The molecule has 4 heteroatoms. The molecule has 24 heavy (non-hydrogen) atoms. The van der Waals surface area contributed by atoms with Gasteiger partial charge in [0.15, 0.2) is 0 Å². The van der Waals surface area contributed by atoms with Gasteiger partial charge in [-0.2, -0.15) is 11.3 Å². The van der Waals surface area contributed by atoms with E-state index in [1.807, 2.05) is 11.0 Å². The highest BCUT2D eigenvalue weighted by atomic mass is 32.1. The zero-order valence-corrected chi connectivity index (χ0v) is 14.9. The quantitative estimate of drug-likeness (QED) is 0.801. The number of benzene rings is 1. The summed E-state index contributed by atoms with van der Waals surface area (Å²) in [5.41, 5.74) is 2.49. The van der Waals surface area contributed by atoms with E-state index in [2.05, 4.69) is 46.4 Å². The maximum Gasteiger partial charge on any atom is 0.317 e. The summed E-state index contributed by atoms with van der Waals surface area (Å²) in [4.78, 5) is 14.7. The fourth-order valence-electron chi connectivity index (χ4n) is 3.28.